The van der Waals surface area contributed by atoms with E-state index in [0.717, 1.165) is 16.5 Å². The Morgan fingerprint density at radius 1 is 1.17 bits per heavy atom. The third-order valence-electron chi connectivity index (χ3n) is 3.26. The molecule has 0 aliphatic heterocycles. The second kappa shape index (κ2) is 7.39. The van der Waals surface area contributed by atoms with Gasteiger partial charge in [-0.25, -0.2) is 17.5 Å². The van der Waals surface area contributed by atoms with Gasteiger partial charge in [-0.15, -0.1) is 0 Å². The largest absolute Gasteiger partial charge is 0.489 e. The van der Waals surface area contributed by atoms with Gasteiger partial charge in [0.25, 0.3) is 0 Å². The predicted molar refractivity (Wildman–Crippen MR) is 87.8 cm³/mol. The van der Waals surface area contributed by atoms with Gasteiger partial charge in [0.15, 0.2) is 0 Å². The molecule has 23 heavy (non-hydrogen) atoms. The second-order valence-corrected chi connectivity index (χ2v) is 6.69. The van der Waals surface area contributed by atoms with Crippen LogP contribution < -0.4 is 9.46 Å². The lowest BCUT2D eigenvalue weighted by atomic mass is 10.1. The Balaban J connectivity index is 1.96. The lowest BCUT2D eigenvalue weighted by molar-refractivity contribution is 0.306. The monoisotopic (exact) mass is 335 g/mol. The van der Waals surface area contributed by atoms with Crippen LogP contribution in [-0.2, 0) is 16.6 Å². The van der Waals surface area contributed by atoms with Gasteiger partial charge in [-0.1, -0.05) is 30.8 Å². The highest BCUT2D eigenvalue weighted by Gasteiger charge is 2.12. The first-order chi connectivity index (χ1) is 10.9. The first kappa shape index (κ1) is 17.2. The maximum Gasteiger partial charge on any atom is 0.233 e. The summed E-state index contributed by atoms with van der Waals surface area (Å²) in [5.74, 6) is 0.367. The van der Waals surface area contributed by atoms with Gasteiger partial charge in [0.05, 0.1) is 0 Å². The topological polar surface area (TPSA) is 55.4 Å². The van der Waals surface area contributed by atoms with Crippen LogP contribution in [0.25, 0.3) is 0 Å². The van der Waals surface area contributed by atoms with Gasteiger partial charge >= 0.3 is 0 Å². The molecule has 0 amide bonds. The van der Waals surface area contributed by atoms with E-state index < -0.39 is 10.0 Å². The standard InChI is InChI=1S/C17H18FNO3S/c1-3-23(20,21)19-13(2)15-6-10-17(11-7-15)22-12-14-4-8-16(18)9-5-14/h3-11,13,19H,1,12H2,2H3. The van der Waals surface area contributed by atoms with E-state index in [1.807, 2.05) is 0 Å². The third kappa shape index (κ3) is 5.19. The molecule has 0 aromatic heterocycles. The molecular formula is C17H18FNO3S. The summed E-state index contributed by atoms with van der Waals surface area (Å²) in [5.41, 5.74) is 1.67. The highest BCUT2D eigenvalue weighted by atomic mass is 32.2. The van der Waals surface area contributed by atoms with Crippen molar-refractivity contribution < 1.29 is 17.5 Å². The Morgan fingerprint density at radius 2 is 1.78 bits per heavy atom. The van der Waals surface area contributed by atoms with Gasteiger partial charge in [0.2, 0.25) is 10.0 Å². The molecule has 0 bridgehead atoms. The molecule has 122 valence electrons. The smallest absolute Gasteiger partial charge is 0.233 e. The molecule has 2 aromatic carbocycles. The number of sulfonamides is 1. The van der Waals surface area contributed by atoms with Crippen LogP contribution in [0.2, 0.25) is 0 Å². The summed E-state index contributed by atoms with van der Waals surface area (Å²) in [7, 11) is -3.47. The Hall–Kier alpha value is -2.18. The van der Waals surface area contributed by atoms with Gasteiger partial charge in [-0.05, 0) is 42.3 Å². The number of rotatable bonds is 7. The van der Waals surface area contributed by atoms with E-state index >= 15 is 0 Å². The molecule has 0 aliphatic rings. The summed E-state index contributed by atoms with van der Waals surface area (Å²) in [4.78, 5) is 0. The van der Waals surface area contributed by atoms with E-state index in [1.165, 1.54) is 12.1 Å². The minimum absolute atomic E-state index is 0.283. The van der Waals surface area contributed by atoms with Crippen molar-refractivity contribution >= 4 is 10.0 Å². The van der Waals surface area contributed by atoms with Crippen molar-refractivity contribution in [2.45, 2.75) is 19.6 Å². The molecule has 0 fully saturated rings. The number of hydrogen-bond donors (Lipinski definition) is 1. The zero-order valence-corrected chi connectivity index (χ0v) is 13.5. The lowest BCUT2D eigenvalue weighted by Gasteiger charge is -2.13. The van der Waals surface area contributed by atoms with Crippen LogP contribution in [0.5, 0.6) is 5.75 Å². The van der Waals surface area contributed by atoms with Crippen molar-refractivity contribution in [1.29, 1.82) is 0 Å². The maximum atomic E-state index is 12.8. The van der Waals surface area contributed by atoms with Crippen molar-refractivity contribution in [3.05, 3.63) is 77.5 Å². The molecule has 0 heterocycles. The quantitative estimate of drug-likeness (QED) is 0.842. The van der Waals surface area contributed by atoms with E-state index in [2.05, 4.69) is 11.3 Å². The van der Waals surface area contributed by atoms with Crippen molar-refractivity contribution in [1.82, 2.24) is 4.72 Å². The Morgan fingerprint density at radius 3 is 2.35 bits per heavy atom. The minimum atomic E-state index is -3.47. The molecule has 0 saturated heterocycles. The van der Waals surface area contributed by atoms with Crippen LogP contribution in [0.15, 0.2) is 60.5 Å². The molecule has 0 radical (unpaired) electrons. The molecule has 2 rings (SSSR count). The molecule has 0 spiro atoms. The Bertz CT molecular complexity index is 755. The fraction of sp³-hybridized carbons (Fsp3) is 0.176. The molecule has 1 atom stereocenters. The van der Waals surface area contributed by atoms with Crippen LogP contribution in [-0.4, -0.2) is 8.42 Å². The molecule has 4 nitrogen and oxygen atoms in total. The molecule has 0 aliphatic carbocycles. The normalized spacial score (nSPS) is 12.6. The Labute approximate surface area is 135 Å². The van der Waals surface area contributed by atoms with Crippen LogP contribution in [0, 0.1) is 5.82 Å². The minimum Gasteiger partial charge on any atom is -0.489 e. The number of halogens is 1. The van der Waals surface area contributed by atoms with Crippen molar-refractivity contribution in [2.24, 2.45) is 0 Å². The number of ether oxygens (including phenoxy) is 1. The molecule has 2 aromatic rings. The van der Waals surface area contributed by atoms with Gasteiger partial charge in [0.1, 0.15) is 18.2 Å². The number of nitrogens with one attached hydrogen (secondary N) is 1. The van der Waals surface area contributed by atoms with E-state index in [0.29, 0.717) is 12.4 Å². The van der Waals surface area contributed by atoms with Gasteiger partial charge in [-0.3, -0.25) is 0 Å². The van der Waals surface area contributed by atoms with Crippen molar-refractivity contribution in [3.8, 4) is 5.75 Å². The maximum absolute atomic E-state index is 12.8. The summed E-state index contributed by atoms with van der Waals surface area (Å²) in [5, 5.41) is 0.879. The summed E-state index contributed by atoms with van der Waals surface area (Å²) in [6.07, 6.45) is 0. The average Bonchev–Trinajstić information content (AvgIpc) is 2.54. The van der Waals surface area contributed by atoms with E-state index in [9.17, 15) is 12.8 Å². The van der Waals surface area contributed by atoms with Crippen molar-refractivity contribution in [2.75, 3.05) is 0 Å². The summed E-state index contributed by atoms with van der Waals surface area (Å²) < 4.78 is 43.8. The first-order valence-electron chi connectivity index (χ1n) is 7.01. The average molecular weight is 335 g/mol. The fourth-order valence-corrected chi connectivity index (χ4v) is 2.69. The molecule has 6 heteroatoms. The predicted octanol–water partition coefficient (Wildman–Crippen LogP) is 3.53. The highest BCUT2D eigenvalue weighted by Crippen LogP contribution is 2.19. The zero-order valence-electron chi connectivity index (χ0n) is 12.7. The summed E-state index contributed by atoms with van der Waals surface area (Å²) in [6.45, 7) is 5.33. The highest BCUT2D eigenvalue weighted by molar-refractivity contribution is 7.92. The van der Waals surface area contributed by atoms with E-state index in [1.54, 1.807) is 43.3 Å². The van der Waals surface area contributed by atoms with E-state index in [-0.39, 0.29) is 11.9 Å². The zero-order chi connectivity index (χ0) is 16.9. The molecular weight excluding hydrogens is 317 g/mol. The van der Waals surface area contributed by atoms with Crippen LogP contribution in [0.4, 0.5) is 4.39 Å². The Kier molecular flexibility index (Phi) is 5.52. The lowest BCUT2D eigenvalue weighted by Crippen LogP contribution is -2.24. The molecule has 1 unspecified atom stereocenters. The van der Waals surface area contributed by atoms with Crippen molar-refractivity contribution in [3.63, 3.8) is 0 Å². The number of benzene rings is 2. The summed E-state index contributed by atoms with van der Waals surface area (Å²) >= 11 is 0. The van der Waals surface area contributed by atoms with Crippen LogP contribution in [0.1, 0.15) is 24.1 Å². The molecule has 0 saturated carbocycles. The van der Waals surface area contributed by atoms with Gasteiger partial charge < -0.3 is 4.74 Å². The SMILES string of the molecule is C=CS(=O)(=O)NC(C)c1ccc(OCc2ccc(F)cc2)cc1. The van der Waals surface area contributed by atoms with Crippen LogP contribution >= 0.6 is 0 Å². The summed E-state index contributed by atoms with van der Waals surface area (Å²) in [6, 6.07) is 12.8. The second-order valence-electron chi connectivity index (χ2n) is 5.04. The first-order valence-corrected chi connectivity index (χ1v) is 8.56. The fourth-order valence-electron chi connectivity index (χ4n) is 1.96. The third-order valence-corrected chi connectivity index (χ3v) is 4.38. The van der Waals surface area contributed by atoms with Gasteiger partial charge in [-0.2, -0.15) is 0 Å². The number of hydrogen-bond acceptors (Lipinski definition) is 3. The van der Waals surface area contributed by atoms with Crippen LogP contribution in [0.3, 0.4) is 0 Å². The van der Waals surface area contributed by atoms with E-state index in [4.69, 9.17) is 4.74 Å². The molecule has 1 N–H and O–H groups in total. The van der Waals surface area contributed by atoms with Gasteiger partial charge in [0, 0.05) is 11.4 Å².